The van der Waals surface area contributed by atoms with Crippen LogP contribution in [-0.2, 0) is 32.4 Å². The van der Waals surface area contributed by atoms with E-state index in [9.17, 15) is 27.6 Å². The molecule has 2 fully saturated rings. The fraction of sp³-hybridized carbons (Fsp3) is 0.531. The quantitative estimate of drug-likeness (QED) is 0.505. The number of piperidine rings is 1. The number of para-hydroxylation sites is 1. The minimum atomic E-state index is -4.51. The lowest BCUT2D eigenvalue weighted by molar-refractivity contribution is -0.138. The topological polar surface area (TPSA) is 81.8 Å². The number of nitrogens with zero attached hydrogens (tertiary/aromatic N) is 2. The number of amides is 3. The summed E-state index contributed by atoms with van der Waals surface area (Å²) in [6, 6.07) is 11.9. The van der Waals surface area contributed by atoms with E-state index in [-0.39, 0.29) is 42.1 Å². The first-order valence-electron chi connectivity index (χ1n) is 14.8. The first-order valence-corrected chi connectivity index (χ1v) is 14.8. The fourth-order valence-corrected chi connectivity index (χ4v) is 6.75. The molecule has 226 valence electrons. The zero-order valence-corrected chi connectivity index (χ0v) is 24.3. The van der Waals surface area contributed by atoms with E-state index >= 15 is 0 Å². The average Bonchev–Trinajstić information content (AvgIpc) is 3.53. The van der Waals surface area contributed by atoms with E-state index in [0.717, 1.165) is 29.8 Å². The van der Waals surface area contributed by atoms with Gasteiger partial charge in [-0.25, -0.2) is 0 Å². The number of hydrogen-bond donors (Lipinski definition) is 2. The van der Waals surface area contributed by atoms with Crippen LogP contribution in [0.5, 0.6) is 0 Å². The molecule has 3 atom stereocenters. The Morgan fingerprint density at radius 1 is 1.02 bits per heavy atom. The normalized spacial score (nSPS) is 23.1. The largest absolute Gasteiger partial charge is 0.416 e. The van der Waals surface area contributed by atoms with Gasteiger partial charge in [0.25, 0.3) is 0 Å². The maximum atomic E-state index is 13.8. The number of alkyl halides is 3. The first-order chi connectivity index (χ1) is 19.9. The number of benzene rings is 2. The lowest BCUT2D eigenvalue weighted by atomic mass is 9.86. The molecule has 2 aromatic rings. The minimum absolute atomic E-state index is 0.0389. The van der Waals surface area contributed by atoms with Gasteiger partial charge in [0.1, 0.15) is 6.04 Å². The van der Waals surface area contributed by atoms with E-state index in [2.05, 4.69) is 10.6 Å². The third-order valence-electron chi connectivity index (χ3n) is 9.25. The van der Waals surface area contributed by atoms with Gasteiger partial charge >= 0.3 is 6.18 Å². The molecule has 3 amide bonds. The molecule has 0 aromatic heterocycles. The Kier molecular flexibility index (Phi) is 8.38. The SMILES string of the molecule is CN[C@@H]1CC[C@H](C(=O)NC(Cc2cccc(C(F)(F)F)c2)C(=O)N2CCC(N3C(=O)C(C)(C)c4ccccc43)CC2)C1. The lowest BCUT2D eigenvalue weighted by Crippen LogP contribution is -2.55. The molecule has 1 aliphatic carbocycles. The maximum absolute atomic E-state index is 13.8. The summed E-state index contributed by atoms with van der Waals surface area (Å²) in [6.07, 6.45) is -1.22. The van der Waals surface area contributed by atoms with Crippen molar-refractivity contribution >= 4 is 23.4 Å². The highest BCUT2D eigenvalue weighted by Gasteiger charge is 2.47. The van der Waals surface area contributed by atoms with Crippen molar-refractivity contribution in [2.45, 2.75) is 82.1 Å². The third kappa shape index (κ3) is 5.91. The summed E-state index contributed by atoms with van der Waals surface area (Å²) >= 11 is 0. The Labute approximate surface area is 244 Å². The summed E-state index contributed by atoms with van der Waals surface area (Å²) in [7, 11) is 1.85. The molecular formula is C32H39F3N4O3. The number of halogens is 3. The van der Waals surface area contributed by atoms with Gasteiger partial charge in [0, 0.05) is 43.2 Å². The second-order valence-corrected chi connectivity index (χ2v) is 12.3. The van der Waals surface area contributed by atoms with Crippen LogP contribution in [0.15, 0.2) is 48.5 Å². The molecule has 1 saturated heterocycles. The van der Waals surface area contributed by atoms with Gasteiger partial charge in [-0.3, -0.25) is 14.4 Å². The Morgan fingerprint density at radius 2 is 1.74 bits per heavy atom. The van der Waals surface area contributed by atoms with Crippen molar-refractivity contribution in [2.24, 2.45) is 5.92 Å². The Morgan fingerprint density at radius 3 is 2.40 bits per heavy atom. The molecule has 3 aliphatic rings. The van der Waals surface area contributed by atoms with Gasteiger partial charge in [0.2, 0.25) is 17.7 Å². The molecule has 2 N–H and O–H groups in total. The summed E-state index contributed by atoms with van der Waals surface area (Å²) in [4.78, 5) is 44.0. The van der Waals surface area contributed by atoms with Crippen LogP contribution in [0.3, 0.4) is 0 Å². The van der Waals surface area contributed by atoms with Crippen LogP contribution >= 0.6 is 0 Å². The summed E-state index contributed by atoms with van der Waals surface area (Å²) in [5.41, 5.74) is 0.813. The predicted octanol–water partition coefficient (Wildman–Crippen LogP) is 4.44. The zero-order valence-electron chi connectivity index (χ0n) is 24.3. The van der Waals surface area contributed by atoms with Crippen LogP contribution in [0.2, 0.25) is 0 Å². The van der Waals surface area contributed by atoms with Gasteiger partial charge < -0.3 is 20.4 Å². The number of hydrogen-bond acceptors (Lipinski definition) is 4. The summed E-state index contributed by atoms with van der Waals surface area (Å²) in [6.45, 7) is 4.63. The highest BCUT2D eigenvalue weighted by atomic mass is 19.4. The molecule has 10 heteroatoms. The summed E-state index contributed by atoms with van der Waals surface area (Å²) in [5, 5.41) is 6.09. The molecule has 42 heavy (non-hydrogen) atoms. The number of nitrogens with one attached hydrogen (secondary N) is 2. The van der Waals surface area contributed by atoms with Crippen molar-refractivity contribution < 1.29 is 27.6 Å². The van der Waals surface area contributed by atoms with Crippen LogP contribution in [0.25, 0.3) is 0 Å². The van der Waals surface area contributed by atoms with Gasteiger partial charge in [-0.15, -0.1) is 0 Å². The monoisotopic (exact) mass is 584 g/mol. The van der Waals surface area contributed by atoms with Crippen LogP contribution in [0.1, 0.15) is 62.6 Å². The Hall–Kier alpha value is -3.40. The molecule has 0 radical (unpaired) electrons. The molecule has 0 spiro atoms. The van der Waals surface area contributed by atoms with Gasteiger partial charge in [-0.05, 0) is 76.3 Å². The fourth-order valence-electron chi connectivity index (χ4n) is 6.75. The first kappa shape index (κ1) is 30.1. The third-order valence-corrected chi connectivity index (χ3v) is 9.25. The van der Waals surface area contributed by atoms with Crippen LogP contribution in [0, 0.1) is 5.92 Å². The van der Waals surface area contributed by atoms with Crippen LogP contribution < -0.4 is 15.5 Å². The minimum Gasteiger partial charge on any atom is -0.344 e. The highest BCUT2D eigenvalue weighted by molar-refractivity contribution is 6.08. The molecule has 7 nitrogen and oxygen atoms in total. The molecule has 1 saturated carbocycles. The summed E-state index contributed by atoms with van der Waals surface area (Å²) < 4.78 is 40.2. The van der Waals surface area contributed by atoms with E-state index in [4.69, 9.17) is 0 Å². The van der Waals surface area contributed by atoms with Gasteiger partial charge in [-0.2, -0.15) is 13.2 Å². The Bertz CT molecular complexity index is 1340. The zero-order chi connectivity index (χ0) is 30.2. The van der Waals surface area contributed by atoms with E-state index in [0.29, 0.717) is 44.3 Å². The van der Waals surface area contributed by atoms with Gasteiger partial charge in [0.05, 0.1) is 11.0 Å². The van der Waals surface area contributed by atoms with Crippen LogP contribution in [0.4, 0.5) is 18.9 Å². The van der Waals surface area contributed by atoms with E-state index in [1.54, 1.807) is 11.0 Å². The number of carbonyl (C=O) groups excluding carboxylic acids is 3. The molecular weight excluding hydrogens is 545 g/mol. The second kappa shape index (κ2) is 11.7. The molecule has 0 bridgehead atoms. The predicted molar refractivity (Wildman–Crippen MR) is 154 cm³/mol. The maximum Gasteiger partial charge on any atom is 0.416 e. The van der Waals surface area contributed by atoms with Crippen molar-refractivity contribution in [3.8, 4) is 0 Å². The number of likely N-dealkylation sites (tertiary alicyclic amines) is 1. The molecule has 2 aliphatic heterocycles. The van der Waals surface area contributed by atoms with Crippen molar-refractivity contribution in [1.29, 1.82) is 0 Å². The average molecular weight is 585 g/mol. The van der Waals surface area contributed by atoms with Crippen molar-refractivity contribution in [2.75, 3.05) is 25.0 Å². The van der Waals surface area contributed by atoms with Crippen molar-refractivity contribution in [3.63, 3.8) is 0 Å². The number of rotatable bonds is 7. The van der Waals surface area contributed by atoms with E-state index < -0.39 is 23.2 Å². The molecule has 2 heterocycles. The second-order valence-electron chi connectivity index (χ2n) is 12.3. The molecule has 1 unspecified atom stereocenters. The lowest BCUT2D eigenvalue weighted by Gasteiger charge is -2.39. The smallest absolute Gasteiger partial charge is 0.344 e. The van der Waals surface area contributed by atoms with E-state index in [1.165, 1.54) is 6.07 Å². The molecule has 5 rings (SSSR count). The standard InChI is InChI=1S/C32H39F3N4O3/c1-31(2)25-9-4-5-10-27(25)39(30(31)42)24-13-15-38(16-14-24)29(41)26(37-28(40)21-11-12-23(19-21)36-3)18-20-7-6-8-22(17-20)32(33,34)35/h4-10,17,21,23-24,26,36H,11-16,18-19H2,1-3H3,(H,37,40)/t21-,23+,26?/m0/s1. The van der Waals surface area contributed by atoms with Crippen LogP contribution in [-0.4, -0.2) is 60.9 Å². The summed E-state index contributed by atoms with van der Waals surface area (Å²) in [5.74, 6) is -0.764. The number of anilines is 1. The van der Waals surface area contributed by atoms with Crippen molar-refractivity contribution in [1.82, 2.24) is 15.5 Å². The highest BCUT2D eigenvalue weighted by Crippen LogP contribution is 2.43. The Balaban J connectivity index is 1.31. The van der Waals surface area contributed by atoms with Crippen molar-refractivity contribution in [3.05, 3.63) is 65.2 Å². The number of carbonyl (C=O) groups is 3. The van der Waals surface area contributed by atoms with Gasteiger partial charge in [0.15, 0.2) is 0 Å². The van der Waals surface area contributed by atoms with E-state index in [1.807, 2.05) is 50.1 Å². The number of fused-ring (bicyclic) bond motifs is 1. The van der Waals surface area contributed by atoms with Gasteiger partial charge in [-0.1, -0.05) is 36.4 Å². The molecule has 2 aromatic carbocycles.